The van der Waals surface area contributed by atoms with E-state index in [2.05, 4.69) is 4.90 Å². The van der Waals surface area contributed by atoms with Crippen molar-refractivity contribution in [3.63, 3.8) is 0 Å². The van der Waals surface area contributed by atoms with Gasteiger partial charge in [0.05, 0.1) is 0 Å². The molecule has 5 rings (SSSR count). The number of hydrogen-bond donors (Lipinski definition) is 0. The van der Waals surface area contributed by atoms with Crippen LogP contribution in [0.5, 0.6) is 0 Å². The van der Waals surface area contributed by atoms with Crippen LogP contribution in [0.3, 0.4) is 0 Å². The van der Waals surface area contributed by atoms with Gasteiger partial charge in [-0.3, -0.25) is 18.8 Å². The number of nitrogens with zero attached hydrogens (tertiary/aromatic N) is 4. The second-order valence-electron chi connectivity index (χ2n) is 7.76. The van der Waals surface area contributed by atoms with Crippen molar-refractivity contribution in [1.82, 2.24) is 14.0 Å². The standard InChI is InChI=1S/C21H20N4O3/c1-13-4-3-7-24-19(13)22-20(16(12-26)21(24)28)23-9-14-8-15(11-23)17-5-2-6-18(27)25(17)10-14/h2-7,12,14-15H,8-11H2,1H3. The van der Waals surface area contributed by atoms with E-state index in [-0.39, 0.29) is 28.5 Å². The summed E-state index contributed by atoms with van der Waals surface area (Å²) in [5.41, 5.74) is 2.26. The van der Waals surface area contributed by atoms with E-state index in [1.807, 2.05) is 23.6 Å². The Morgan fingerprint density at radius 2 is 1.96 bits per heavy atom. The second-order valence-corrected chi connectivity index (χ2v) is 7.76. The molecular weight excluding hydrogens is 356 g/mol. The van der Waals surface area contributed by atoms with Crippen molar-refractivity contribution in [1.29, 1.82) is 0 Å². The summed E-state index contributed by atoms with van der Waals surface area (Å²) in [5.74, 6) is 0.914. The van der Waals surface area contributed by atoms with Gasteiger partial charge in [-0.2, -0.15) is 0 Å². The van der Waals surface area contributed by atoms with Gasteiger partial charge < -0.3 is 9.47 Å². The van der Waals surface area contributed by atoms with Crippen molar-refractivity contribution < 1.29 is 4.79 Å². The van der Waals surface area contributed by atoms with Crippen LogP contribution in [0.2, 0.25) is 0 Å². The van der Waals surface area contributed by atoms with E-state index in [4.69, 9.17) is 4.98 Å². The van der Waals surface area contributed by atoms with Crippen molar-refractivity contribution in [3.8, 4) is 0 Å². The van der Waals surface area contributed by atoms with Gasteiger partial charge in [-0.1, -0.05) is 12.1 Å². The van der Waals surface area contributed by atoms with Gasteiger partial charge in [-0.25, -0.2) is 4.98 Å². The van der Waals surface area contributed by atoms with E-state index in [1.165, 1.54) is 4.40 Å². The van der Waals surface area contributed by atoms with Crippen LogP contribution in [0.15, 0.2) is 46.1 Å². The molecule has 0 aromatic carbocycles. The molecule has 0 N–H and O–H groups in total. The number of carbonyl (C=O) groups excluding carboxylic acids is 1. The van der Waals surface area contributed by atoms with Crippen LogP contribution >= 0.6 is 0 Å². The maximum Gasteiger partial charge on any atom is 0.270 e. The molecule has 5 heterocycles. The number of rotatable bonds is 2. The predicted molar refractivity (Wildman–Crippen MR) is 105 cm³/mol. The minimum atomic E-state index is -0.342. The highest BCUT2D eigenvalue weighted by atomic mass is 16.1. The number of anilines is 1. The minimum Gasteiger partial charge on any atom is -0.355 e. The van der Waals surface area contributed by atoms with Gasteiger partial charge in [0.15, 0.2) is 6.29 Å². The molecule has 2 atom stereocenters. The van der Waals surface area contributed by atoms with E-state index in [0.717, 1.165) is 17.7 Å². The Balaban J connectivity index is 1.64. The summed E-state index contributed by atoms with van der Waals surface area (Å²) in [6.07, 6.45) is 3.26. The van der Waals surface area contributed by atoms with Crippen LogP contribution in [0.4, 0.5) is 5.82 Å². The van der Waals surface area contributed by atoms with Crippen molar-refractivity contribution in [3.05, 3.63) is 74.1 Å². The Labute approximate surface area is 160 Å². The van der Waals surface area contributed by atoms with Crippen molar-refractivity contribution in [2.45, 2.75) is 25.8 Å². The number of aryl methyl sites for hydroxylation is 1. The minimum absolute atomic E-state index is 0.0342. The summed E-state index contributed by atoms with van der Waals surface area (Å²) >= 11 is 0. The van der Waals surface area contributed by atoms with Crippen molar-refractivity contribution >= 4 is 17.8 Å². The first-order valence-electron chi connectivity index (χ1n) is 9.48. The monoisotopic (exact) mass is 376 g/mol. The van der Waals surface area contributed by atoms with Crippen LogP contribution < -0.4 is 16.0 Å². The van der Waals surface area contributed by atoms with Gasteiger partial charge in [0.2, 0.25) is 0 Å². The highest BCUT2D eigenvalue weighted by molar-refractivity contribution is 5.83. The van der Waals surface area contributed by atoms with Crippen molar-refractivity contribution in [2.24, 2.45) is 5.92 Å². The number of aromatic nitrogens is 3. The van der Waals surface area contributed by atoms with E-state index in [1.54, 1.807) is 24.4 Å². The Hall–Kier alpha value is -3.22. The van der Waals surface area contributed by atoms with Gasteiger partial charge in [0.1, 0.15) is 17.0 Å². The average Bonchev–Trinajstić information content (AvgIpc) is 2.69. The largest absolute Gasteiger partial charge is 0.355 e. The molecule has 1 saturated heterocycles. The maximum absolute atomic E-state index is 12.9. The maximum atomic E-state index is 12.9. The third-order valence-electron chi connectivity index (χ3n) is 5.96. The zero-order valence-corrected chi connectivity index (χ0v) is 15.5. The summed E-state index contributed by atoms with van der Waals surface area (Å²) in [5, 5.41) is 0. The lowest BCUT2D eigenvalue weighted by Gasteiger charge is -2.43. The molecule has 2 aliphatic rings. The molecule has 1 fully saturated rings. The molecule has 0 aliphatic carbocycles. The van der Waals surface area contributed by atoms with Crippen molar-refractivity contribution in [2.75, 3.05) is 18.0 Å². The molecule has 3 aromatic heterocycles. The molecule has 3 aromatic rings. The number of carbonyl (C=O) groups is 1. The fraction of sp³-hybridized carbons (Fsp3) is 0.333. The Bertz CT molecular complexity index is 1230. The molecule has 2 unspecified atom stereocenters. The molecule has 0 radical (unpaired) electrons. The number of piperidine rings is 1. The Morgan fingerprint density at radius 3 is 2.79 bits per heavy atom. The topological polar surface area (TPSA) is 76.7 Å². The van der Waals surface area contributed by atoms with Crippen LogP contribution in [0.1, 0.15) is 34.0 Å². The zero-order valence-electron chi connectivity index (χ0n) is 15.5. The highest BCUT2D eigenvalue weighted by Crippen LogP contribution is 2.36. The van der Waals surface area contributed by atoms with Gasteiger partial charge in [0.25, 0.3) is 11.1 Å². The normalized spacial score (nSPS) is 20.8. The lowest BCUT2D eigenvalue weighted by molar-refractivity contribution is 0.112. The molecule has 0 amide bonds. The fourth-order valence-electron chi connectivity index (χ4n) is 4.71. The van der Waals surface area contributed by atoms with E-state index in [9.17, 15) is 14.4 Å². The SMILES string of the molecule is Cc1cccn2c(=O)c(C=O)c(N3CC4CC(C3)c3cccc(=O)n3C4)nc12. The summed E-state index contributed by atoms with van der Waals surface area (Å²) in [7, 11) is 0. The molecule has 0 saturated carbocycles. The average molecular weight is 376 g/mol. The molecular formula is C21H20N4O3. The molecule has 28 heavy (non-hydrogen) atoms. The molecule has 2 aliphatic heterocycles. The van der Waals surface area contributed by atoms with E-state index in [0.29, 0.717) is 37.4 Å². The lowest BCUT2D eigenvalue weighted by atomic mass is 9.83. The number of aldehydes is 1. The molecule has 2 bridgehead atoms. The predicted octanol–water partition coefficient (Wildman–Crippen LogP) is 1.60. The summed E-state index contributed by atoms with van der Waals surface area (Å²) in [6, 6.07) is 9.08. The highest BCUT2D eigenvalue weighted by Gasteiger charge is 2.36. The molecule has 7 nitrogen and oxygen atoms in total. The first kappa shape index (κ1) is 16.9. The number of hydrogen-bond acceptors (Lipinski definition) is 5. The van der Waals surface area contributed by atoms with Gasteiger partial charge in [0, 0.05) is 43.5 Å². The van der Waals surface area contributed by atoms with Crippen LogP contribution in [0.25, 0.3) is 5.65 Å². The smallest absolute Gasteiger partial charge is 0.270 e. The second kappa shape index (κ2) is 6.15. The number of fused-ring (bicyclic) bond motifs is 5. The first-order chi connectivity index (χ1) is 13.6. The van der Waals surface area contributed by atoms with E-state index >= 15 is 0 Å². The molecule has 142 valence electrons. The summed E-state index contributed by atoms with van der Waals surface area (Å²) in [6.45, 7) is 3.87. The third-order valence-corrected chi connectivity index (χ3v) is 5.96. The van der Waals surface area contributed by atoms with Gasteiger partial charge >= 0.3 is 0 Å². The quantitative estimate of drug-likeness (QED) is 0.635. The van der Waals surface area contributed by atoms with Gasteiger partial charge in [-0.15, -0.1) is 0 Å². The molecule has 0 spiro atoms. The first-order valence-corrected chi connectivity index (χ1v) is 9.48. The zero-order chi connectivity index (χ0) is 19.4. The molecule has 7 heteroatoms. The summed E-state index contributed by atoms with van der Waals surface area (Å²) < 4.78 is 3.30. The van der Waals surface area contributed by atoms with E-state index < -0.39 is 0 Å². The Morgan fingerprint density at radius 1 is 1.11 bits per heavy atom. The fourth-order valence-corrected chi connectivity index (χ4v) is 4.71. The lowest BCUT2D eigenvalue weighted by Crippen LogP contribution is -2.48. The van der Waals surface area contributed by atoms with Crippen LogP contribution in [-0.2, 0) is 6.54 Å². The van der Waals surface area contributed by atoms with Crippen LogP contribution in [0, 0.1) is 12.8 Å². The Kier molecular flexibility index (Phi) is 3.72. The summed E-state index contributed by atoms with van der Waals surface area (Å²) in [4.78, 5) is 43.7. The van der Waals surface area contributed by atoms with Gasteiger partial charge in [-0.05, 0) is 37.0 Å². The van der Waals surface area contributed by atoms with Crippen LogP contribution in [-0.4, -0.2) is 33.3 Å². The number of pyridine rings is 2. The third kappa shape index (κ3) is 2.42.